The molecule has 1 aliphatic carbocycles. The van der Waals surface area contributed by atoms with Gasteiger partial charge in [0.2, 0.25) is 0 Å². The molecule has 1 fully saturated rings. The van der Waals surface area contributed by atoms with Crippen LogP contribution in [0.3, 0.4) is 0 Å². The zero-order valence-electron chi connectivity index (χ0n) is 6.80. The monoisotopic (exact) mass is 200 g/mol. The molecule has 0 aromatic heterocycles. The van der Waals surface area contributed by atoms with Crippen molar-refractivity contribution in [2.75, 3.05) is 0 Å². The minimum Gasteiger partial charge on any atom is -0.101 e. The van der Waals surface area contributed by atoms with Crippen LogP contribution in [0.5, 0.6) is 0 Å². The molecule has 0 spiro atoms. The summed E-state index contributed by atoms with van der Waals surface area (Å²) in [6.45, 7) is 2.08. The van der Waals surface area contributed by atoms with Crippen molar-refractivity contribution in [2.24, 2.45) is 5.92 Å². The molecule has 0 saturated heterocycles. The molecule has 0 nitrogen and oxygen atoms in total. The normalized spacial score (nSPS) is 31.6. The van der Waals surface area contributed by atoms with Gasteiger partial charge in [0.1, 0.15) is 4.33 Å². The molecular formula is C10H10Cl2. The minimum absolute atomic E-state index is 0.321. The van der Waals surface area contributed by atoms with E-state index in [0.29, 0.717) is 11.8 Å². The van der Waals surface area contributed by atoms with E-state index in [1.165, 1.54) is 5.56 Å². The largest absolute Gasteiger partial charge is 0.128 e. The molecule has 2 heteroatoms. The van der Waals surface area contributed by atoms with Gasteiger partial charge in [-0.15, -0.1) is 23.2 Å². The second kappa shape index (κ2) is 2.65. The van der Waals surface area contributed by atoms with Crippen molar-refractivity contribution < 1.29 is 0 Å². The number of rotatable bonds is 1. The molecule has 1 saturated carbocycles. The van der Waals surface area contributed by atoms with Crippen LogP contribution in [-0.4, -0.2) is 4.33 Å². The summed E-state index contributed by atoms with van der Waals surface area (Å²) in [5, 5.41) is 0. The summed E-state index contributed by atoms with van der Waals surface area (Å²) in [4.78, 5) is 0. The molecule has 2 atom stereocenters. The first-order chi connectivity index (χ1) is 5.64. The van der Waals surface area contributed by atoms with E-state index in [4.69, 9.17) is 23.2 Å². The van der Waals surface area contributed by atoms with Crippen LogP contribution in [0.2, 0.25) is 0 Å². The maximum absolute atomic E-state index is 6.06. The van der Waals surface area contributed by atoms with E-state index < -0.39 is 4.33 Å². The Morgan fingerprint density at radius 3 is 2.08 bits per heavy atom. The summed E-state index contributed by atoms with van der Waals surface area (Å²) in [5.41, 5.74) is 1.25. The first-order valence-electron chi connectivity index (χ1n) is 4.07. The van der Waals surface area contributed by atoms with E-state index in [2.05, 4.69) is 19.1 Å². The highest BCUT2D eigenvalue weighted by atomic mass is 35.5. The molecule has 0 amide bonds. The van der Waals surface area contributed by atoms with E-state index in [9.17, 15) is 0 Å². The highest BCUT2D eigenvalue weighted by Gasteiger charge is 2.60. The molecule has 2 rings (SSSR count). The Kier molecular flexibility index (Phi) is 1.85. The van der Waals surface area contributed by atoms with E-state index in [-0.39, 0.29) is 0 Å². The third kappa shape index (κ3) is 1.14. The second-order valence-corrected chi connectivity index (χ2v) is 4.80. The Morgan fingerprint density at radius 1 is 1.17 bits per heavy atom. The Morgan fingerprint density at radius 2 is 1.67 bits per heavy atom. The average Bonchev–Trinajstić information content (AvgIpc) is 2.53. The van der Waals surface area contributed by atoms with Crippen molar-refractivity contribution in [1.82, 2.24) is 0 Å². The molecule has 0 radical (unpaired) electrons. The van der Waals surface area contributed by atoms with E-state index in [1.54, 1.807) is 0 Å². The van der Waals surface area contributed by atoms with Gasteiger partial charge in [0.05, 0.1) is 0 Å². The predicted molar refractivity (Wildman–Crippen MR) is 52.8 cm³/mol. The van der Waals surface area contributed by atoms with Gasteiger partial charge in [-0.05, 0) is 11.5 Å². The minimum atomic E-state index is -0.526. The van der Waals surface area contributed by atoms with Gasteiger partial charge in [-0.2, -0.15) is 0 Å². The quantitative estimate of drug-likeness (QED) is 0.609. The van der Waals surface area contributed by atoms with Gasteiger partial charge in [-0.25, -0.2) is 0 Å². The van der Waals surface area contributed by atoms with Crippen LogP contribution >= 0.6 is 23.2 Å². The Labute approximate surface area is 82.5 Å². The van der Waals surface area contributed by atoms with Crippen LogP contribution in [0.15, 0.2) is 30.3 Å². The van der Waals surface area contributed by atoms with Crippen molar-refractivity contribution in [3.8, 4) is 0 Å². The zero-order chi connectivity index (χ0) is 8.77. The molecule has 1 aromatic carbocycles. The van der Waals surface area contributed by atoms with Crippen molar-refractivity contribution in [2.45, 2.75) is 17.2 Å². The van der Waals surface area contributed by atoms with Crippen molar-refractivity contribution >= 4 is 23.2 Å². The molecule has 64 valence electrons. The van der Waals surface area contributed by atoms with Crippen molar-refractivity contribution in [3.05, 3.63) is 35.9 Å². The lowest BCUT2D eigenvalue weighted by atomic mass is 10.1. The lowest BCUT2D eigenvalue weighted by molar-refractivity contribution is 0.911. The summed E-state index contributed by atoms with van der Waals surface area (Å²) in [7, 11) is 0. The summed E-state index contributed by atoms with van der Waals surface area (Å²) >= 11 is 12.1. The molecule has 1 aromatic rings. The standard InChI is InChI=1S/C10H10Cl2/c1-7-9(10(7,11)12)8-5-3-2-4-6-8/h2-7,9H,1H3. The molecule has 0 bridgehead atoms. The number of benzene rings is 1. The van der Waals surface area contributed by atoms with Crippen LogP contribution in [0.1, 0.15) is 18.4 Å². The lowest BCUT2D eigenvalue weighted by Crippen LogP contribution is -1.88. The van der Waals surface area contributed by atoms with Gasteiger partial charge >= 0.3 is 0 Å². The Balaban J connectivity index is 2.25. The second-order valence-electron chi connectivity index (χ2n) is 3.35. The highest BCUT2D eigenvalue weighted by molar-refractivity contribution is 6.51. The van der Waals surface area contributed by atoms with Crippen molar-refractivity contribution in [1.29, 1.82) is 0 Å². The molecule has 12 heavy (non-hydrogen) atoms. The number of hydrogen-bond donors (Lipinski definition) is 0. The SMILES string of the molecule is CC1C(c2ccccc2)C1(Cl)Cl. The van der Waals surface area contributed by atoms with E-state index in [1.807, 2.05) is 18.2 Å². The van der Waals surface area contributed by atoms with Crippen LogP contribution in [0.4, 0.5) is 0 Å². The highest BCUT2D eigenvalue weighted by Crippen LogP contribution is 2.64. The van der Waals surface area contributed by atoms with Gasteiger partial charge < -0.3 is 0 Å². The molecule has 1 aliphatic rings. The van der Waals surface area contributed by atoms with Crippen LogP contribution < -0.4 is 0 Å². The number of halogens is 2. The molecule has 2 unspecified atom stereocenters. The van der Waals surface area contributed by atoms with Gasteiger partial charge in [0.15, 0.2) is 0 Å². The van der Waals surface area contributed by atoms with Crippen LogP contribution in [0.25, 0.3) is 0 Å². The van der Waals surface area contributed by atoms with Crippen LogP contribution in [0, 0.1) is 5.92 Å². The predicted octanol–water partition coefficient (Wildman–Crippen LogP) is 3.59. The molecule has 0 heterocycles. The lowest BCUT2D eigenvalue weighted by Gasteiger charge is -1.98. The van der Waals surface area contributed by atoms with E-state index in [0.717, 1.165) is 0 Å². The fourth-order valence-corrected chi connectivity index (χ4v) is 2.41. The number of hydrogen-bond acceptors (Lipinski definition) is 0. The fraction of sp³-hybridized carbons (Fsp3) is 0.400. The van der Waals surface area contributed by atoms with Gasteiger partial charge in [0.25, 0.3) is 0 Å². The third-order valence-corrected chi connectivity index (χ3v) is 3.73. The Hall–Kier alpha value is -0.200. The molecule has 0 N–H and O–H groups in total. The first-order valence-corrected chi connectivity index (χ1v) is 4.82. The number of alkyl halides is 2. The fourth-order valence-electron chi connectivity index (χ4n) is 1.65. The summed E-state index contributed by atoms with van der Waals surface area (Å²) in [5.74, 6) is 0.699. The third-order valence-electron chi connectivity index (χ3n) is 2.57. The zero-order valence-corrected chi connectivity index (χ0v) is 8.31. The maximum atomic E-state index is 6.06. The van der Waals surface area contributed by atoms with Gasteiger partial charge in [-0.1, -0.05) is 37.3 Å². The van der Waals surface area contributed by atoms with Crippen molar-refractivity contribution in [3.63, 3.8) is 0 Å². The van der Waals surface area contributed by atoms with E-state index >= 15 is 0 Å². The summed E-state index contributed by atoms with van der Waals surface area (Å²) < 4.78 is -0.526. The first kappa shape index (κ1) is 8.40. The molecular weight excluding hydrogens is 191 g/mol. The van der Waals surface area contributed by atoms with Gasteiger partial charge in [0, 0.05) is 5.92 Å². The van der Waals surface area contributed by atoms with Gasteiger partial charge in [-0.3, -0.25) is 0 Å². The maximum Gasteiger partial charge on any atom is 0.128 e. The average molecular weight is 201 g/mol. The molecule has 0 aliphatic heterocycles. The smallest absolute Gasteiger partial charge is 0.101 e. The topological polar surface area (TPSA) is 0 Å². The van der Waals surface area contributed by atoms with Crippen LogP contribution in [-0.2, 0) is 0 Å². The Bertz CT molecular complexity index is 279. The summed E-state index contributed by atoms with van der Waals surface area (Å²) in [6.07, 6.45) is 0. The summed E-state index contributed by atoms with van der Waals surface area (Å²) in [6, 6.07) is 10.2.